The number of hydrogen-bond acceptors (Lipinski definition) is 4. The summed E-state index contributed by atoms with van der Waals surface area (Å²) in [7, 11) is 1.28. The summed E-state index contributed by atoms with van der Waals surface area (Å²) in [5.74, 6) is -0.958. The molecular formula is C11H22N4O3. The quantitative estimate of drug-likeness (QED) is 0.214. The Morgan fingerprint density at radius 3 is 2.44 bits per heavy atom. The average molecular weight is 258 g/mol. The van der Waals surface area contributed by atoms with Crippen LogP contribution in [-0.2, 0) is 14.3 Å². The van der Waals surface area contributed by atoms with E-state index in [1.807, 2.05) is 0 Å². The van der Waals surface area contributed by atoms with Crippen LogP contribution in [0, 0.1) is 11.3 Å². The predicted octanol–water partition coefficient (Wildman–Crippen LogP) is -0.437. The molecule has 18 heavy (non-hydrogen) atoms. The van der Waals surface area contributed by atoms with E-state index >= 15 is 0 Å². The number of nitrogens with two attached hydrogens (primary N) is 1. The van der Waals surface area contributed by atoms with Gasteiger partial charge in [0.1, 0.15) is 6.04 Å². The Morgan fingerprint density at radius 2 is 2.00 bits per heavy atom. The maximum Gasteiger partial charge on any atom is 0.328 e. The monoisotopic (exact) mass is 258 g/mol. The third-order valence-corrected chi connectivity index (χ3v) is 2.31. The molecule has 0 saturated carbocycles. The van der Waals surface area contributed by atoms with Gasteiger partial charge in [0.25, 0.3) is 0 Å². The molecular weight excluding hydrogens is 236 g/mol. The van der Waals surface area contributed by atoms with Gasteiger partial charge in [-0.15, -0.1) is 0 Å². The van der Waals surface area contributed by atoms with Crippen LogP contribution in [0.15, 0.2) is 0 Å². The van der Waals surface area contributed by atoms with Crippen molar-refractivity contribution in [1.82, 2.24) is 10.6 Å². The first-order valence-corrected chi connectivity index (χ1v) is 5.84. The van der Waals surface area contributed by atoms with E-state index in [9.17, 15) is 9.59 Å². The van der Waals surface area contributed by atoms with E-state index in [0.29, 0.717) is 19.4 Å². The molecule has 0 fully saturated rings. The second-order valence-electron chi connectivity index (χ2n) is 4.22. The zero-order chi connectivity index (χ0) is 14.1. The summed E-state index contributed by atoms with van der Waals surface area (Å²) in [4.78, 5) is 23.0. The normalized spacial score (nSPS) is 11.8. The number of amides is 1. The highest BCUT2D eigenvalue weighted by Crippen LogP contribution is 2.01. The van der Waals surface area contributed by atoms with E-state index in [2.05, 4.69) is 15.4 Å². The van der Waals surface area contributed by atoms with Crippen molar-refractivity contribution in [3.8, 4) is 0 Å². The Kier molecular flexibility index (Phi) is 7.50. The maximum atomic E-state index is 11.5. The summed E-state index contributed by atoms with van der Waals surface area (Å²) in [5.41, 5.74) is 5.13. The molecule has 0 aromatic rings. The van der Waals surface area contributed by atoms with Gasteiger partial charge in [-0.05, 0) is 12.8 Å². The molecule has 0 heterocycles. The Morgan fingerprint density at radius 1 is 1.39 bits per heavy atom. The summed E-state index contributed by atoms with van der Waals surface area (Å²) >= 11 is 0. The molecule has 7 nitrogen and oxygen atoms in total. The Balaban J connectivity index is 4.20. The van der Waals surface area contributed by atoms with Crippen LogP contribution in [-0.4, -0.2) is 37.5 Å². The third kappa shape index (κ3) is 6.72. The smallest absolute Gasteiger partial charge is 0.328 e. The van der Waals surface area contributed by atoms with Gasteiger partial charge in [-0.2, -0.15) is 0 Å². The molecule has 0 aliphatic heterocycles. The van der Waals surface area contributed by atoms with Gasteiger partial charge in [0.15, 0.2) is 5.96 Å². The van der Waals surface area contributed by atoms with Gasteiger partial charge in [-0.25, -0.2) is 4.79 Å². The predicted molar refractivity (Wildman–Crippen MR) is 67.9 cm³/mol. The lowest BCUT2D eigenvalue weighted by Crippen LogP contribution is -2.43. The largest absolute Gasteiger partial charge is 0.467 e. The number of carbonyl (C=O) groups is 2. The van der Waals surface area contributed by atoms with Crippen LogP contribution in [0.5, 0.6) is 0 Å². The molecule has 0 aliphatic carbocycles. The summed E-state index contributed by atoms with van der Waals surface area (Å²) in [5, 5.41) is 12.2. The van der Waals surface area contributed by atoms with Crippen molar-refractivity contribution in [2.24, 2.45) is 11.7 Å². The van der Waals surface area contributed by atoms with Gasteiger partial charge in [-0.1, -0.05) is 13.8 Å². The van der Waals surface area contributed by atoms with Crippen LogP contribution in [0.1, 0.15) is 26.7 Å². The van der Waals surface area contributed by atoms with E-state index in [1.54, 1.807) is 13.8 Å². The highest BCUT2D eigenvalue weighted by atomic mass is 16.5. The van der Waals surface area contributed by atoms with Gasteiger partial charge in [0.05, 0.1) is 7.11 Å². The van der Waals surface area contributed by atoms with E-state index in [0.717, 1.165) is 0 Å². The van der Waals surface area contributed by atoms with Crippen LogP contribution in [0.2, 0.25) is 0 Å². The van der Waals surface area contributed by atoms with Crippen LogP contribution in [0.4, 0.5) is 0 Å². The van der Waals surface area contributed by atoms with Crippen molar-refractivity contribution in [2.45, 2.75) is 32.7 Å². The van der Waals surface area contributed by atoms with Crippen LogP contribution in [0.25, 0.3) is 0 Å². The second-order valence-corrected chi connectivity index (χ2v) is 4.22. The minimum Gasteiger partial charge on any atom is -0.467 e. The third-order valence-electron chi connectivity index (χ3n) is 2.31. The Labute approximate surface area is 107 Å². The summed E-state index contributed by atoms with van der Waals surface area (Å²) < 4.78 is 4.63. The molecule has 0 rings (SSSR count). The van der Waals surface area contributed by atoms with E-state index in [-0.39, 0.29) is 17.8 Å². The lowest BCUT2D eigenvalue weighted by atomic mass is 10.1. The highest BCUT2D eigenvalue weighted by Gasteiger charge is 2.22. The Bertz CT molecular complexity index is 305. The number of nitrogens with one attached hydrogen (secondary N) is 3. The Hall–Kier alpha value is -1.79. The maximum absolute atomic E-state index is 11.5. The highest BCUT2D eigenvalue weighted by molar-refractivity contribution is 5.85. The molecule has 0 radical (unpaired) electrons. The molecule has 5 N–H and O–H groups in total. The summed E-state index contributed by atoms with van der Waals surface area (Å²) in [6, 6.07) is -0.654. The SMILES string of the molecule is COC(=O)[C@H](CCCNC(=N)N)NC(=O)C(C)C. The van der Waals surface area contributed by atoms with Crippen molar-refractivity contribution in [3.63, 3.8) is 0 Å². The first-order chi connectivity index (χ1) is 8.38. The van der Waals surface area contributed by atoms with E-state index in [1.165, 1.54) is 7.11 Å². The van der Waals surface area contributed by atoms with Crippen LogP contribution < -0.4 is 16.4 Å². The standard InChI is InChI=1S/C11H22N4O3/c1-7(2)9(16)15-8(10(17)18-3)5-4-6-14-11(12)13/h7-8H,4-6H2,1-3H3,(H,15,16)(H4,12,13,14)/t8-/m0/s1. The molecule has 0 aliphatic rings. The number of carbonyl (C=O) groups excluding carboxylic acids is 2. The number of guanidine groups is 1. The fourth-order valence-electron chi connectivity index (χ4n) is 1.26. The molecule has 0 bridgehead atoms. The second kappa shape index (κ2) is 8.32. The van der Waals surface area contributed by atoms with Gasteiger partial charge >= 0.3 is 5.97 Å². The molecule has 0 spiro atoms. The fraction of sp³-hybridized carbons (Fsp3) is 0.727. The van der Waals surface area contributed by atoms with Crippen LogP contribution >= 0.6 is 0 Å². The topological polar surface area (TPSA) is 117 Å². The molecule has 0 saturated heterocycles. The minimum absolute atomic E-state index is 0.115. The fourth-order valence-corrected chi connectivity index (χ4v) is 1.26. The lowest BCUT2D eigenvalue weighted by Gasteiger charge is -2.17. The van der Waals surface area contributed by atoms with Gasteiger partial charge in [0.2, 0.25) is 5.91 Å². The molecule has 1 atom stereocenters. The van der Waals surface area contributed by atoms with E-state index in [4.69, 9.17) is 11.1 Å². The summed E-state index contributed by atoms with van der Waals surface area (Å²) in [6.07, 6.45) is 1.03. The van der Waals surface area contributed by atoms with Gasteiger partial charge in [0, 0.05) is 12.5 Å². The van der Waals surface area contributed by atoms with Crippen LogP contribution in [0.3, 0.4) is 0 Å². The number of rotatable bonds is 7. The molecule has 1 amide bonds. The van der Waals surface area contributed by atoms with Crippen molar-refractivity contribution < 1.29 is 14.3 Å². The first-order valence-electron chi connectivity index (χ1n) is 5.84. The van der Waals surface area contributed by atoms with Crippen molar-refractivity contribution in [1.29, 1.82) is 5.41 Å². The zero-order valence-corrected chi connectivity index (χ0v) is 11.1. The number of ether oxygens (including phenoxy) is 1. The zero-order valence-electron chi connectivity index (χ0n) is 11.1. The number of hydrogen-bond donors (Lipinski definition) is 4. The summed E-state index contributed by atoms with van der Waals surface area (Å²) in [6.45, 7) is 3.97. The van der Waals surface area contributed by atoms with Gasteiger partial charge in [-0.3, -0.25) is 10.2 Å². The molecule has 0 aromatic carbocycles. The average Bonchev–Trinajstić information content (AvgIpc) is 2.31. The lowest BCUT2D eigenvalue weighted by molar-refractivity contribution is -0.145. The van der Waals surface area contributed by atoms with Crippen molar-refractivity contribution in [2.75, 3.05) is 13.7 Å². The number of esters is 1. The molecule has 0 aromatic heterocycles. The molecule has 0 unspecified atom stereocenters. The van der Waals surface area contributed by atoms with Gasteiger partial charge < -0.3 is 21.1 Å². The first kappa shape index (κ1) is 16.2. The van der Waals surface area contributed by atoms with Crippen molar-refractivity contribution in [3.05, 3.63) is 0 Å². The minimum atomic E-state index is -0.654. The molecule has 7 heteroatoms. The molecule has 104 valence electrons. The number of methoxy groups -OCH3 is 1. The van der Waals surface area contributed by atoms with E-state index < -0.39 is 12.0 Å². The van der Waals surface area contributed by atoms with Crippen molar-refractivity contribution >= 4 is 17.8 Å².